The van der Waals surface area contributed by atoms with Gasteiger partial charge in [-0.15, -0.1) is 0 Å². The summed E-state index contributed by atoms with van der Waals surface area (Å²) in [6, 6.07) is 0. The fourth-order valence-corrected chi connectivity index (χ4v) is 1.21. The van der Waals surface area contributed by atoms with Crippen LogP contribution in [0.25, 0.3) is 0 Å². The third-order valence-corrected chi connectivity index (χ3v) is 1.95. The fraction of sp³-hybridized carbons (Fsp3) is 0.700. The lowest BCUT2D eigenvalue weighted by Crippen LogP contribution is -3.00. The number of hydrogen-bond acceptors (Lipinski definition) is 1. The molecule has 0 aromatic rings. The summed E-state index contributed by atoms with van der Waals surface area (Å²) in [7, 11) is 6.22. The Morgan fingerprint density at radius 1 is 1.43 bits per heavy atom. The van der Waals surface area contributed by atoms with Crippen molar-refractivity contribution in [2.24, 2.45) is 0 Å². The summed E-state index contributed by atoms with van der Waals surface area (Å²) in [5.74, 6) is -0.0117. The van der Waals surface area contributed by atoms with E-state index < -0.39 is 0 Å². The van der Waals surface area contributed by atoms with Crippen LogP contribution in [0.5, 0.6) is 0 Å². The van der Waals surface area contributed by atoms with Crippen molar-refractivity contribution in [2.75, 3.05) is 21.1 Å². The third-order valence-electron chi connectivity index (χ3n) is 1.95. The first-order valence-electron chi connectivity index (χ1n) is 4.66. The number of rotatable bonds is 4. The van der Waals surface area contributed by atoms with Crippen LogP contribution in [0.2, 0.25) is 0 Å². The molecule has 84 valence electrons. The van der Waals surface area contributed by atoms with Gasteiger partial charge in [-0.05, 0) is 13.0 Å². The highest BCUT2D eigenvalue weighted by atomic mass is 35.5. The smallest absolute Gasteiger partial charge is 0.248 e. The zero-order chi connectivity index (χ0) is 10.5. The van der Waals surface area contributed by atoms with E-state index in [9.17, 15) is 4.79 Å². The second-order valence-corrected chi connectivity index (χ2v) is 4.05. The Morgan fingerprint density at radius 2 is 1.93 bits per heavy atom. The lowest BCUT2D eigenvalue weighted by molar-refractivity contribution is -0.898. The van der Waals surface area contributed by atoms with Crippen molar-refractivity contribution in [3.8, 4) is 0 Å². The molecule has 1 N–H and O–H groups in total. The standard InChI is InChI=1S/C10H20N2O.ClH/c1-6-8-10(13)11-9(7-2)12(3,4)5;/h6,8-9H,7H2,1-5H3;1H/b8-6+;. The van der Waals surface area contributed by atoms with E-state index in [1.807, 2.05) is 6.92 Å². The maximum absolute atomic E-state index is 11.3. The van der Waals surface area contributed by atoms with E-state index in [0.29, 0.717) is 0 Å². The predicted octanol–water partition coefficient (Wildman–Crippen LogP) is -1.87. The summed E-state index contributed by atoms with van der Waals surface area (Å²) < 4.78 is 0.750. The molecule has 1 unspecified atom stereocenters. The third kappa shape index (κ3) is 6.00. The van der Waals surface area contributed by atoms with Crippen LogP contribution in [0.3, 0.4) is 0 Å². The van der Waals surface area contributed by atoms with Crippen LogP contribution in [0.4, 0.5) is 0 Å². The highest BCUT2D eigenvalue weighted by Gasteiger charge is 2.22. The molecule has 0 radical (unpaired) electrons. The second kappa shape index (κ2) is 6.85. The average molecular weight is 221 g/mol. The van der Waals surface area contributed by atoms with E-state index in [4.69, 9.17) is 0 Å². The van der Waals surface area contributed by atoms with E-state index in [2.05, 4.69) is 33.4 Å². The normalized spacial score (nSPS) is 13.5. The van der Waals surface area contributed by atoms with Gasteiger partial charge >= 0.3 is 0 Å². The van der Waals surface area contributed by atoms with E-state index in [0.717, 1.165) is 10.9 Å². The van der Waals surface area contributed by atoms with Gasteiger partial charge < -0.3 is 22.2 Å². The number of allylic oxidation sites excluding steroid dienone is 1. The van der Waals surface area contributed by atoms with Gasteiger partial charge in [0, 0.05) is 6.42 Å². The highest BCUT2D eigenvalue weighted by molar-refractivity contribution is 5.87. The maximum atomic E-state index is 11.3. The van der Waals surface area contributed by atoms with Gasteiger partial charge in [-0.25, -0.2) is 0 Å². The largest absolute Gasteiger partial charge is 1.00 e. The Kier molecular flexibility index (Phi) is 7.78. The quantitative estimate of drug-likeness (QED) is 0.336. The molecule has 1 atom stereocenters. The number of carbonyl (C=O) groups excluding carboxylic acids is 1. The molecule has 3 nitrogen and oxygen atoms in total. The monoisotopic (exact) mass is 220 g/mol. The number of amides is 1. The van der Waals surface area contributed by atoms with Gasteiger partial charge in [0.25, 0.3) is 0 Å². The number of carbonyl (C=O) groups is 1. The van der Waals surface area contributed by atoms with E-state index >= 15 is 0 Å². The SMILES string of the molecule is C/C=C/C(=O)NC(CC)[N+](C)(C)C.[Cl-]. The minimum atomic E-state index is -0.0117. The maximum Gasteiger partial charge on any atom is 0.248 e. The van der Waals surface area contributed by atoms with Crippen LogP contribution >= 0.6 is 0 Å². The van der Waals surface area contributed by atoms with E-state index in [1.54, 1.807) is 12.2 Å². The number of hydrogen-bond donors (Lipinski definition) is 1. The second-order valence-electron chi connectivity index (χ2n) is 4.05. The molecule has 4 heteroatoms. The Bertz CT molecular complexity index is 197. The molecule has 0 heterocycles. The molecule has 0 fully saturated rings. The van der Waals surface area contributed by atoms with Crippen LogP contribution in [0.15, 0.2) is 12.2 Å². The van der Waals surface area contributed by atoms with Crippen molar-refractivity contribution < 1.29 is 21.7 Å². The summed E-state index contributed by atoms with van der Waals surface area (Å²) in [4.78, 5) is 11.3. The van der Waals surface area contributed by atoms with Gasteiger partial charge in [0.05, 0.1) is 21.1 Å². The first kappa shape index (κ1) is 15.9. The lowest BCUT2D eigenvalue weighted by atomic mass is 10.3. The minimum absolute atomic E-state index is 0. The van der Waals surface area contributed by atoms with Crippen molar-refractivity contribution in [3.63, 3.8) is 0 Å². The van der Waals surface area contributed by atoms with Crippen LogP contribution in [-0.2, 0) is 4.79 Å². The molecule has 1 amide bonds. The van der Waals surface area contributed by atoms with Crippen LogP contribution in [0, 0.1) is 0 Å². The molecule has 0 aliphatic heterocycles. The molecule has 0 aromatic heterocycles. The first-order chi connectivity index (χ1) is 5.91. The molecular weight excluding hydrogens is 200 g/mol. The average Bonchev–Trinajstić information content (AvgIpc) is 1.98. The molecule has 0 saturated carbocycles. The lowest BCUT2D eigenvalue weighted by Gasteiger charge is -2.33. The molecule has 0 rings (SSSR count). The van der Waals surface area contributed by atoms with E-state index in [1.165, 1.54) is 0 Å². The van der Waals surface area contributed by atoms with E-state index in [-0.39, 0.29) is 24.5 Å². The summed E-state index contributed by atoms with van der Waals surface area (Å²) in [5.41, 5.74) is 0. The van der Waals surface area contributed by atoms with Crippen molar-refractivity contribution in [2.45, 2.75) is 26.4 Å². The van der Waals surface area contributed by atoms with Crippen molar-refractivity contribution >= 4 is 5.91 Å². The molecule has 0 bridgehead atoms. The van der Waals surface area contributed by atoms with Gasteiger partial charge in [-0.3, -0.25) is 4.79 Å². The topological polar surface area (TPSA) is 29.1 Å². The molecule has 0 aliphatic rings. The fourth-order valence-electron chi connectivity index (χ4n) is 1.21. The zero-order valence-electron chi connectivity index (χ0n) is 9.67. The van der Waals surface area contributed by atoms with Crippen molar-refractivity contribution in [1.82, 2.24) is 5.32 Å². The van der Waals surface area contributed by atoms with Gasteiger partial charge in [-0.1, -0.05) is 13.0 Å². The number of nitrogens with one attached hydrogen (secondary N) is 1. The highest BCUT2D eigenvalue weighted by Crippen LogP contribution is 2.03. The van der Waals surface area contributed by atoms with Crippen molar-refractivity contribution in [1.29, 1.82) is 0 Å². The van der Waals surface area contributed by atoms with Gasteiger partial charge in [0.1, 0.15) is 0 Å². The van der Waals surface area contributed by atoms with Gasteiger partial charge in [0.2, 0.25) is 5.91 Å². The van der Waals surface area contributed by atoms with Crippen LogP contribution in [0.1, 0.15) is 20.3 Å². The van der Waals surface area contributed by atoms with Crippen LogP contribution in [-0.4, -0.2) is 37.7 Å². The summed E-state index contributed by atoms with van der Waals surface area (Å²) in [5, 5.41) is 2.95. The molecule has 14 heavy (non-hydrogen) atoms. The number of halogens is 1. The minimum Gasteiger partial charge on any atom is -1.00 e. The van der Waals surface area contributed by atoms with Crippen molar-refractivity contribution in [3.05, 3.63) is 12.2 Å². The Balaban J connectivity index is 0. The first-order valence-corrected chi connectivity index (χ1v) is 4.66. The molecule has 0 spiro atoms. The Morgan fingerprint density at radius 3 is 2.21 bits per heavy atom. The number of quaternary nitrogens is 1. The number of nitrogens with zero attached hydrogens (tertiary/aromatic N) is 1. The molecule has 0 saturated heterocycles. The summed E-state index contributed by atoms with van der Waals surface area (Å²) in [6.07, 6.45) is 4.42. The summed E-state index contributed by atoms with van der Waals surface area (Å²) in [6.45, 7) is 3.91. The molecular formula is C10H21ClN2O. The molecule has 0 aromatic carbocycles. The summed E-state index contributed by atoms with van der Waals surface area (Å²) >= 11 is 0. The zero-order valence-corrected chi connectivity index (χ0v) is 10.4. The Hall–Kier alpha value is -0.540. The predicted molar refractivity (Wildman–Crippen MR) is 55.1 cm³/mol. The van der Waals surface area contributed by atoms with Gasteiger partial charge in [0.15, 0.2) is 6.17 Å². The van der Waals surface area contributed by atoms with Crippen LogP contribution < -0.4 is 17.7 Å². The molecule has 0 aliphatic carbocycles. The van der Waals surface area contributed by atoms with Gasteiger partial charge in [-0.2, -0.15) is 0 Å². The Labute approximate surface area is 93.2 Å².